The third kappa shape index (κ3) is 4.69. The van der Waals surface area contributed by atoms with Crippen LogP contribution in [0.2, 0.25) is 0 Å². The zero-order valence-electron chi connectivity index (χ0n) is 20.0. The summed E-state index contributed by atoms with van der Waals surface area (Å²) in [5.41, 5.74) is 1.18. The van der Waals surface area contributed by atoms with Gasteiger partial charge in [0.15, 0.2) is 29.1 Å². The minimum Gasteiger partial charge on any atom is -0.493 e. The van der Waals surface area contributed by atoms with Crippen molar-refractivity contribution in [3.63, 3.8) is 0 Å². The highest BCUT2D eigenvalue weighted by molar-refractivity contribution is 9.10. The van der Waals surface area contributed by atoms with Crippen molar-refractivity contribution in [1.82, 2.24) is 0 Å². The maximum Gasteiger partial charge on any atom is 0.412 e. The number of rotatable bonds is 6. The Morgan fingerprint density at radius 3 is 2.32 bits per heavy atom. The molecule has 1 N–H and O–H groups in total. The van der Waals surface area contributed by atoms with Crippen molar-refractivity contribution in [3.05, 3.63) is 64.1 Å². The summed E-state index contributed by atoms with van der Waals surface area (Å²) in [5, 5.41) is 2.62. The molecular weight excluding hydrogens is 550 g/mol. The fraction of sp³-hybridized carbons (Fsp3) is 0.231. The zero-order valence-corrected chi connectivity index (χ0v) is 21.6. The molecule has 0 bridgehead atoms. The summed E-state index contributed by atoms with van der Waals surface area (Å²) in [6, 6.07) is 13.3. The lowest BCUT2D eigenvalue weighted by molar-refractivity contribution is 0.0132. The van der Waals surface area contributed by atoms with Gasteiger partial charge in [-0.1, -0.05) is 22.0 Å². The predicted molar refractivity (Wildman–Crippen MR) is 134 cm³/mol. The smallest absolute Gasteiger partial charge is 0.412 e. The first-order chi connectivity index (χ1) is 17.9. The number of ether oxygens (including phenoxy) is 7. The highest BCUT2D eigenvalue weighted by atomic mass is 79.9. The largest absolute Gasteiger partial charge is 0.493 e. The summed E-state index contributed by atoms with van der Waals surface area (Å²) in [6.45, 7) is 0.0945. The van der Waals surface area contributed by atoms with Gasteiger partial charge in [-0.05, 0) is 30.3 Å². The molecule has 11 heteroatoms. The number of fused-ring (bicyclic) bond motifs is 2. The second-order valence-electron chi connectivity index (χ2n) is 8.02. The molecule has 2 atom stereocenters. The number of benzene rings is 3. The number of halogens is 1. The van der Waals surface area contributed by atoms with E-state index in [0.717, 1.165) is 0 Å². The SMILES string of the molecule is COc1cc(NC(=O)OC2C(=O)c3cc(Br)ccc3O[C@H]2c2ccc3c(c2)OCO3)cc(OC)c1OC. The number of nitrogens with one attached hydrogen (secondary N) is 1. The van der Waals surface area contributed by atoms with Gasteiger partial charge < -0.3 is 33.2 Å². The Bertz CT molecular complexity index is 1350. The topological polar surface area (TPSA) is 111 Å². The van der Waals surface area contributed by atoms with Gasteiger partial charge in [-0.2, -0.15) is 0 Å². The minimum atomic E-state index is -1.29. The molecule has 0 radical (unpaired) electrons. The Hall–Kier alpha value is -4.12. The monoisotopic (exact) mass is 571 g/mol. The van der Waals surface area contributed by atoms with E-state index in [4.69, 9.17) is 33.2 Å². The Morgan fingerprint density at radius 1 is 0.919 bits per heavy atom. The van der Waals surface area contributed by atoms with Crippen molar-refractivity contribution in [3.8, 4) is 34.5 Å². The maximum atomic E-state index is 13.5. The molecule has 1 unspecified atom stereocenters. The highest BCUT2D eigenvalue weighted by Crippen LogP contribution is 2.42. The van der Waals surface area contributed by atoms with E-state index >= 15 is 0 Å². The Balaban J connectivity index is 1.45. The van der Waals surface area contributed by atoms with Crippen molar-refractivity contribution in [1.29, 1.82) is 0 Å². The summed E-state index contributed by atoms with van der Waals surface area (Å²) < 4.78 is 39.4. The van der Waals surface area contributed by atoms with Crippen LogP contribution in [0.5, 0.6) is 34.5 Å². The van der Waals surface area contributed by atoms with E-state index in [1.165, 1.54) is 21.3 Å². The van der Waals surface area contributed by atoms with Crippen molar-refractivity contribution < 1.29 is 42.7 Å². The van der Waals surface area contributed by atoms with Crippen LogP contribution in [0.4, 0.5) is 10.5 Å². The zero-order chi connectivity index (χ0) is 26.1. The molecule has 0 aromatic heterocycles. The standard InChI is InChI=1S/C26H22BrNO9/c1-31-20-10-15(11-21(32-2)24(20)33-3)28-26(30)37-25-22(29)16-9-14(27)5-7-17(16)36-23(25)13-4-6-18-19(8-13)35-12-34-18/h4-11,23,25H,12H2,1-3H3,(H,28,30)/t23-,25?/m0/s1. The van der Waals surface area contributed by atoms with Gasteiger partial charge in [-0.3, -0.25) is 10.1 Å². The van der Waals surface area contributed by atoms with Gasteiger partial charge in [-0.25, -0.2) is 4.79 Å². The molecule has 0 spiro atoms. The number of amides is 1. The number of methoxy groups -OCH3 is 3. The molecule has 2 heterocycles. The van der Waals surface area contributed by atoms with Crippen LogP contribution in [-0.4, -0.2) is 46.1 Å². The molecule has 0 saturated carbocycles. The van der Waals surface area contributed by atoms with Crippen LogP contribution in [0.15, 0.2) is 53.0 Å². The van der Waals surface area contributed by atoms with Gasteiger partial charge in [-0.15, -0.1) is 0 Å². The van der Waals surface area contributed by atoms with E-state index in [-0.39, 0.29) is 12.4 Å². The first kappa shape index (κ1) is 24.6. The Labute approximate surface area is 220 Å². The van der Waals surface area contributed by atoms with Gasteiger partial charge in [0.1, 0.15) is 5.75 Å². The molecule has 0 fully saturated rings. The van der Waals surface area contributed by atoms with Crippen LogP contribution >= 0.6 is 15.9 Å². The van der Waals surface area contributed by atoms with E-state index < -0.39 is 24.1 Å². The van der Waals surface area contributed by atoms with Gasteiger partial charge in [0, 0.05) is 22.2 Å². The number of Topliss-reactive ketones (excluding diaryl/α,β-unsaturated/α-hetero) is 1. The quantitative estimate of drug-likeness (QED) is 0.430. The third-order valence-corrected chi connectivity index (χ3v) is 6.36. The number of carbonyl (C=O) groups is 2. The lowest BCUT2D eigenvalue weighted by Crippen LogP contribution is -2.40. The number of carbonyl (C=O) groups excluding carboxylic acids is 2. The lowest BCUT2D eigenvalue weighted by atomic mass is 9.93. The molecule has 0 saturated heterocycles. The van der Waals surface area contributed by atoms with E-state index in [0.29, 0.717) is 50.2 Å². The van der Waals surface area contributed by atoms with E-state index in [9.17, 15) is 9.59 Å². The fourth-order valence-electron chi connectivity index (χ4n) is 4.15. The maximum absolute atomic E-state index is 13.5. The number of hydrogen-bond acceptors (Lipinski definition) is 9. The van der Waals surface area contributed by atoms with Crippen molar-refractivity contribution in [2.75, 3.05) is 33.4 Å². The molecule has 192 valence electrons. The van der Waals surface area contributed by atoms with Crippen LogP contribution in [-0.2, 0) is 4.74 Å². The first-order valence-electron chi connectivity index (χ1n) is 11.1. The number of anilines is 1. The van der Waals surface area contributed by atoms with Crippen LogP contribution in [0.3, 0.4) is 0 Å². The molecule has 2 aliphatic rings. The van der Waals surface area contributed by atoms with Gasteiger partial charge in [0.05, 0.1) is 32.6 Å². The van der Waals surface area contributed by atoms with Gasteiger partial charge >= 0.3 is 6.09 Å². The second kappa shape index (κ2) is 10.1. The van der Waals surface area contributed by atoms with Crippen molar-refractivity contribution in [2.24, 2.45) is 0 Å². The fourth-order valence-corrected chi connectivity index (χ4v) is 4.51. The van der Waals surface area contributed by atoms with Crippen LogP contribution in [0.25, 0.3) is 0 Å². The number of ketones is 1. The molecule has 3 aromatic rings. The summed E-state index contributed by atoms with van der Waals surface area (Å²) in [7, 11) is 4.40. The molecule has 5 rings (SSSR count). The van der Waals surface area contributed by atoms with Gasteiger partial charge in [0.2, 0.25) is 24.4 Å². The van der Waals surface area contributed by atoms with Crippen LogP contribution < -0.4 is 33.7 Å². The minimum absolute atomic E-state index is 0.0945. The first-order valence-corrected chi connectivity index (χ1v) is 11.9. The van der Waals surface area contributed by atoms with Gasteiger partial charge in [0.25, 0.3) is 0 Å². The summed E-state index contributed by atoms with van der Waals surface area (Å²) in [5.74, 6) is 2.09. The molecule has 1 amide bonds. The molecule has 3 aromatic carbocycles. The normalized spacial score (nSPS) is 17.4. The molecule has 37 heavy (non-hydrogen) atoms. The predicted octanol–water partition coefficient (Wildman–Crippen LogP) is 5.14. The highest BCUT2D eigenvalue weighted by Gasteiger charge is 2.42. The molecule has 0 aliphatic carbocycles. The van der Waals surface area contributed by atoms with Crippen LogP contribution in [0, 0.1) is 0 Å². The van der Waals surface area contributed by atoms with E-state index in [1.807, 2.05) is 0 Å². The summed E-state index contributed by atoms with van der Waals surface area (Å²) >= 11 is 3.37. The average molecular weight is 572 g/mol. The molecular formula is C26H22BrNO9. The van der Waals surface area contributed by atoms with Crippen molar-refractivity contribution >= 4 is 33.5 Å². The second-order valence-corrected chi connectivity index (χ2v) is 8.94. The molecule has 10 nitrogen and oxygen atoms in total. The lowest BCUT2D eigenvalue weighted by Gasteiger charge is -2.32. The molecule has 2 aliphatic heterocycles. The number of hydrogen-bond donors (Lipinski definition) is 1. The van der Waals surface area contributed by atoms with E-state index in [1.54, 1.807) is 48.5 Å². The Kier molecular flexibility index (Phi) is 6.70. The summed E-state index contributed by atoms with van der Waals surface area (Å²) in [6.07, 6.45) is -3.09. The van der Waals surface area contributed by atoms with Crippen molar-refractivity contribution in [2.45, 2.75) is 12.2 Å². The third-order valence-electron chi connectivity index (χ3n) is 5.86. The average Bonchev–Trinajstić information content (AvgIpc) is 3.38. The Morgan fingerprint density at radius 2 is 1.62 bits per heavy atom. The van der Waals surface area contributed by atoms with Crippen LogP contribution in [0.1, 0.15) is 22.0 Å². The summed E-state index contributed by atoms with van der Waals surface area (Å²) in [4.78, 5) is 26.6. The van der Waals surface area contributed by atoms with E-state index in [2.05, 4.69) is 21.2 Å².